The normalized spacial score (nSPS) is 17.0. The Morgan fingerprint density at radius 1 is 1.09 bits per heavy atom. The van der Waals surface area contributed by atoms with Crippen LogP contribution in [0.25, 0.3) is 0 Å². The molecule has 23 heavy (non-hydrogen) atoms. The summed E-state index contributed by atoms with van der Waals surface area (Å²) in [4.78, 5) is 0. The first-order valence-electron chi connectivity index (χ1n) is 8.01. The summed E-state index contributed by atoms with van der Waals surface area (Å²) in [6, 6.07) is 15.2. The lowest BCUT2D eigenvalue weighted by molar-refractivity contribution is 0.167. The Balaban J connectivity index is 1.59. The molecule has 4 N–H and O–H groups in total. The van der Waals surface area contributed by atoms with E-state index >= 15 is 0 Å². The number of nitrogens with one attached hydrogen (secondary N) is 1. The molecule has 4 nitrogen and oxygen atoms in total. The largest absolute Gasteiger partial charge is 0.508 e. The molecule has 0 radical (unpaired) electrons. The lowest BCUT2D eigenvalue weighted by Crippen LogP contribution is -2.36. The second kappa shape index (κ2) is 6.71. The summed E-state index contributed by atoms with van der Waals surface area (Å²) in [7, 11) is 0. The maximum absolute atomic E-state index is 10.4. The van der Waals surface area contributed by atoms with Gasteiger partial charge in [0.2, 0.25) is 0 Å². The van der Waals surface area contributed by atoms with E-state index in [1.807, 2.05) is 18.2 Å². The molecule has 0 bridgehead atoms. The van der Waals surface area contributed by atoms with Crippen LogP contribution in [0.1, 0.15) is 35.6 Å². The summed E-state index contributed by atoms with van der Waals surface area (Å²) in [5.41, 5.74) is 2.54. The fourth-order valence-electron chi connectivity index (χ4n) is 2.92. The van der Waals surface area contributed by atoms with Crippen LogP contribution in [0.5, 0.6) is 5.75 Å². The maximum Gasteiger partial charge on any atom is 0.121 e. The van der Waals surface area contributed by atoms with Crippen molar-refractivity contribution in [3.63, 3.8) is 0 Å². The molecule has 0 aliphatic heterocycles. The van der Waals surface area contributed by atoms with Gasteiger partial charge in [-0.1, -0.05) is 36.4 Å². The number of hydrogen-bond acceptors (Lipinski definition) is 4. The number of phenols is 1. The van der Waals surface area contributed by atoms with Crippen molar-refractivity contribution in [1.82, 2.24) is 5.32 Å². The Labute approximate surface area is 136 Å². The zero-order valence-corrected chi connectivity index (χ0v) is 13.1. The smallest absolute Gasteiger partial charge is 0.121 e. The molecule has 2 aromatic rings. The minimum atomic E-state index is -0.658. The number of β-amino-alcohol motifs (C(OH)–C–C–N with tert-alkyl or cyclic N) is 1. The maximum atomic E-state index is 10.4. The van der Waals surface area contributed by atoms with Crippen LogP contribution < -0.4 is 5.32 Å². The molecule has 1 unspecified atom stereocenters. The standard InChI is InChI=1S/C19H23NO3/c21-13-16-10-15(6-7-17(16)22)18(23)12-20-19(8-9-19)11-14-4-2-1-3-5-14/h1-7,10,18,20-23H,8-9,11-13H2. The highest BCUT2D eigenvalue weighted by atomic mass is 16.3. The van der Waals surface area contributed by atoms with Crippen LogP contribution in [0.15, 0.2) is 48.5 Å². The van der Waals surface area contributed by atoms with E-state index in [0.29, 0.717) is 17.7 Å². The summed E-state index contributed by atoms with van der Waals surface area (Å²) in [5, 5.41) is 32.7. The molecule has 2 aromatic carbocycles. The third-order valence-corrected chi connectivity index (χ3v) is 4.57. The van der Waals surface area contributed by atoms with Crippen LogP contribution in [0.3, 0.4) is 0 Å². The van der Waals surface area contributed by atoms with Crippen molar-refractivity contribution < 1.29 is 15.3 Å². The van der Waals surface area contributed by atoms with Crippen molar-refractivity contribution >= 4 is 0 Å². The van der Waals surface area contributed by atoms with Gasteiger partial charge in [-0.3, -0.25) is 0 Å². The van der Waals surface area contributed by atoms with Crippen LogP contribution in [-0.4, -0.2) is 27.4 Å². The molecule has 0 spiro atoms. The Bertz CT molecular complexity index is 653. The highest BCUT2D eigenvalue weighted by molar-refractivity contribution is 5.36. The fraction of sp³-hybridized carbons (Fsp3) is 0.368. The van der Waals surface area contributed by atoms with E-state index in [1.54, 1.807) is 12.1 Å². The first-order chi connectivity index (χ1) is 11.1. The number of aromatic hydroxyl groups is 1. The van der Waals surface area contributed by atoms with Gasteiger partial charge in [0.1, 0.15) is 5.75 Å². The molecule has 1 fully saturated rings. The SMILES string of the molecule is OCc1cc(C(O)CNC2(Cc3ccccc3)CC2)ccc1O. The van der Waals surface area contributed by atoms with Gasteiger partial charge in [-0.15, -0.1) is 0 Å². The first-order valence-corrected chi connectivity index (χ1v) is 8.01. The monoisotopic (exact) mass is 313 g/mol. The Hall–Kier alpha value is -1.88. The Morgan fingerprint density at radius 2 is 1.83 bits per heavy atom. The van der Waals surface area contributed by atoms with Crippen molar-refractivity contribution in [3.8, 4) is 5.75 Å². The van der Waals surface area contributed by atoms with Gasteiger partial charge in [0.05, 0.1) is 12.7 Å². The van der Waals surface area contributed by atoms with Crippen LogP contribution in [0, 0.1) is 0 Å². The average Bonchev–Trinajstić information content (AvgIpc) is 3.34. The van der Waals surface area contributed by atoms with E-state index in [1.165, 1.54) is 11.6 Å². The van der Waals surface area contributed by atoms with E-state index in [9.17, 15) is 15.3 Å². The van der Waals surface area contributed by atoms with E-state index in [4.69, 9.17) is 0 Å². The molecule has 1 saturated carbocycles. The zero-order valence-electron chi connectivity index (χ0n) is 13.1. The summed E-state index contributed by atoms with van der Waals surface area (Å²) >= 11 is 0. The fourth-order valence-corrected chi connectivity index (χ4v) is 2.92. The lowest BCUT2D eigenvalue weighted by Gasteiger charge is -2.21. The molecule has 0 heterocycles. The third kappa shape index (κ3) is 3.91. The van der Waals surface area contributed by atoms with E-state index < -0.39 is 6.10 Å². The summed E-state index contributed by atoms with van der Waals surface area (Å²) in [6.07, 6.45) is 2.55. The number of hydrogen-bond donors (Lipinski definition) is 4. The minimum Gasteiger partial charge on any atom is -0.508 e. The molecular formula is C19H23NO3. The molecule has 0 amide bonds. The van der Waals surface area contributed by atoms with Gasteiger partial charge < -0.3 is 20.6 Å². The molecule has 4 heteroatoms. The molecule has 0 aromatic heterocycles. The Morgan fingerprint density at radius 3 is 2.48 bits per heavy atom. The van der Waals surface area contributed by atoms with Crippen LogP contribution in [0.2, 0.25) is 0 Å². The summed E-state index contributed by atoms with van der Waals surface area (Å²) in [6.45, 7) is 0.222. The van der Waals surface area contributed by atoms with Crippen molar-refractivity contribution in [2.45, 2.75) is 37.5 Å². The quantitative estimate of drug-likeness (QED) is 0.633. The second-order valence-corrected chi connectivity index (χ2v) is 6.39. The van der Waals surface area contributed by atoms with Crippen molar-refractivity contribution in [2.24, 2.45) is 0 Å². The van der Waals surface area contributed by atoms with Gasteiger partial charge in [0.15, 0.2) is 0 Å². The van der Waals surface area contributed by atoms with Gasteiger partial charge in [0, 0.05) is 17.6 Å². The van der Waals surface area contributed by atoms with Gasteiger partial charge in [-0.2, -0.15) is 0 Å². The predicted molar refractivity (Wildman–Crippen MR) is 89.1 cm³/mol. The van der Waals surface area contributed by atoms with Gasteiger partial charge in [0.25, 0.3) is 0 Å². The van der Waals surface area contributed by atoms with Crippen molar-refractivity contribution in [2.75, 3.05) is 6.54 Å². The Kier molecular flexibility index (Phi) is 4.66. The van der Waals surface area contributed by atoms with E-state index in [0.717, 1.165) is 19.3 Å². The first kappa shape index (κ1) is 16.0. The highest BCUT2D eigenvalue weighted by Crippen LogP contribution is 2.39. The number of rotatable bonds is 7. The average molecular weight is 313 g/mol. The molecule has 0 saturated heterocycles. The molecule has 1 aliphatic carbocycles. The lowest BCUT2D eigenvalue weighted by atomic mass is 10.0. The van der Waals surface area contributed by atoms with E-state index in [2.05, 4.69) is 17.4 Å². The summed E-state index contributed by atoms with van der Waals surface area (Å²) in [5.74, 6) is 0.0548. The third-order valence-electron chi connectivity index (χ3n) is 4.57. The van der Waals surface area contributed by atoms with Gasteiger partial charge in [-0.05, 0) is 42.5 Å². The second-order valence-electron chi connectivity index (χ2n) is 6.39. The van der Waals surface area contributed by atoms with Crippen LogP contribution in [0.4, 0.5) is 0 Å². The highest BCUT2D eigenvalue weighted by Gasteiger charge is 2.42. The van der Waals surface area contributed by atoms with Crippen molar-refractivity contribution in [1.29, 1.82) is 0 Å². The predicted octanol–water partition coefficient (Wildman–Crippen LogP) is 2.28. The molecule has 1 atom stereocenters. The molecule has 122 valence electrons. The number of aliphatic hydroxyl groups is 2. The van der Waals surface area contributed by atoms with Crippen LogP contribution in [-0.2, 0) is 13.0 Å². The minimum absolute atomic E-state index is 0.0548. The van der Waals surface area contributed by atoms with Gasteiger partial charge >= 0.3 is 0 Å². The number of benzene rings is 2. The summed E-state index contributed by atoms with van der Waals surface area (Å²) < 4.78 is 0. The zero-order chi connectivity index (χ0) is 16.3. The van der Waals surface area contributed by atoms with Gasteiger partial charge in [-0.25, -0.2) is 0 Å². The topological polar surface area (TPSA) is 72.7 Å². The number of aliphatic hydroxyl groups excluding tert-OH is 2. The van der Waals surface area contributed by atoms with Crippen LogP contribution >= 0.6 is 0 Å². The van der Waals surface area contributed by atoms with E-state index in [-0.39, 0.29) is 17.9 Å². The van der Waals surface area contributed by atoms with Crippen molar-refractivity contribution in [3.05, 3.63) is 65.2 Å². The molecule has 1 aliphatic rings. The molecule has 3 rings (SSSR count). The molecular weight excluding hydrogens is 290 g/mol.